The molecular formula is C19H19FN2O5. The fraction of sp³-hybridized carbons (Fsp3) is 0.421. The lowest BCUT2D eigenvalue weighted by Gasteiger charge is -2.23. The minimum Gasteiger partial charge on any atom is -0.465 e. The van der Waals surface area contributed by atoms with Crippen molar-refractivity contribution < 1.29 is 28.2 Å². The average Bonchev–Trinajstić information content (AvgIpc) is 3.26. The van der Waals surface area contributed by atoms with Gasteiger partial charge in [0, 0.05) is 5.69 Å². The number of halogens is 1. The molecule has 7 nitrogen and oxygen atoms in total. The standard InChI is InChI=1S/C19H19FN2O5/c1-2-26-14(23)9-22-10-19-8-7-13(27-19)15(16(19)18(22)25)17(24)21-12-5-3-11(20)4-6-12/h3-8,13,15-16H,2,9-10H2,1H3,(H,21,24)/t13-,15+,16-,19-/m1/s1. The molecule has 142 valence electrons. The topological polar surface area (TPSA) is 84.9 Å². The van der Waals surface area contributed by atoms with Gasteiger partial charge in [-0.15, -0.1) is 0 Å². The summed E-state index contributed by atoms with van der Waals surface area (Å²) in [5, 5.41) is 2.72. The Balaban J connectivity index is 1.52. The molecule has 3 aliphatic rings. The minimum absolute atomic E-state index is 0.168. The van der Waals surface area contributed by atoms with E-state index in [-0.39, 0.29) is 31.5 Å². The van der Waals surface area contributed by atoms with Crippen LogP contribution in [-0.2, 0) is 23.9 Å². The number of carbonyl (C=O) groups is 3. The van der Waals surface area contributed by atoms with Gasteiger partial charge in [-0.1, -0.05) is 12.2 Å². The van der Waals surface area contributed by atoms with Gasteiger partial charge in [-0.2, -0.15) is 0 Å². The maximum atomic E-state index is 13.0. The molecule has 4 atom stereocenters. The number of hydrogen-bond donors (Lipinski definition) is 1. The average molecular weight is 374 g/mol. The van der Waals surface area contributed by atoms with Gasteiger partial charge >= 0.3 is 5.97 Å². The van der Waals surface area contributed by atoms with E-state index in [0.29, 0.717) is 5.69 Å². The maximum absolute atomic E-state index is 13.0. The van der Waals surface area contributed by atoms with Crippen LogP contribution in [0.25, 0.3) is 0 Å². The molecule has 0 saturated carbocycles. The highest BCUT2D eigenvalue weighted by Crippen LogP contribution is 2.52. The third kappa shape index (κ3) is 2.90. The van der Waals surface area contributed by atoms with Crippen molar-refractivity contribution in [1.82, 2.24) is 4.90 Å². The second-order valence-electron chi connectivity index (χ2n) is 6.90. The van der Waals surface area contributed by atoms with Crippen LogP contribution in [0.5, 0.6) is 0 Å². The molecule has 3 aliphatic heterocycles. The van der Waals surface area contributed by atoms with Crippen LogP contribution in [0.15, 0.2) is 36.4 Å². The van der Waals surface area contributed by atoms with Gasteiger partial charge in [0.15, 0.2) is 0 Å². The minimum atomic E-state index is -0.890. The van der Waals surface area contributed by atoms with Crippen molar-refractivity contribution in [3.05, 3.63) is 42.2 Å². The van der Waals surface area contributed by atoms with Crippen molar-refractivity contribution in [2.24, 2.45) is 11.8 Å². The Hall–Kier alpha value is -2.74. The summed E-state index contributed by atoms with van der Waals surface area (Å²) < 4.78 is 23.9. The number of hydrogen-bond acceptors (Lipinski definition) is 5. The van der Waals surface area contributed by atoms with E-state index in [2.05, 4.69) is 5.32 Å². The number of anilines is 1. The highest BCUT2D eigenvalue weighted by Gasteiger charge is 2.66. The zero-order valence-electron chi connectivity index (χ0n) is 14.7. The highest BCUT2D eigenvalue weighted by molar-refractivity contribution is 5.99. The third-order valence-corrected chi connectivity index (χ3v) is 5.22. The van der Waals surface area contributed by atoms with E-state index in [4.69, 9.17) is 9.47 Å². The Bertz CT molecular complexity index is 824. The molecule has 0 unspecified atom stereocenters. The first-order valence-electron chi connectivity index (χ1n) is 8.81. The number of esters is 1. The lowest BCUT2D eigenvalue weighted by atomic mass is 9.77. The molecule has 2 amide bonds. The molecule has 3 heterocycles. The van der Waals surface area contributed by atoms with E-state index in [1.54, 1.807) is 13.0 Å². The lowest BCUT2D eigenvalue weighted by molar-refractivity contribution is -0.148. The second-order valence-corrected chi connectivity index (χ2v) is 6.90. The molecule has 2 fully saturated rings. The molecule has 8 heteroatoms. The zero-order valence-corrected chi connectivity index (χ0v) is 14.7. The van der Waals surface area contributed by atoms with E-state index in [0.717, 1.165) is 0 Å². The molecule has 0 aromatic heterocycles. The Morgan fingerprint density at radius 1 is 1.37 bits per heavy atom. The quantitative estimate of drug-likeness (QED) is 0.617. The van der Waals surface area contributed by atoms with E-state index < -0.39 is 35.3 Å². The SMILES string of the molecule is CCOC(=O)CN1C[C@@]23C=C[C@@H](O2)[C@H](C(=O)Nc2ccc(F)cc2)[C@@H]3C1=O. The van der Waals surface area contributed by atoms with Crippen molar-refractivity contribution in [2.75, 3.05) is 25.0 Å². The smallest absolute Gasteiger partial charge is 0.325 e. The van der Waals surface area contributed by atoms with E-state index >= 15 is 0 Å². The third-order valence-electron chi connectivity index (χ3n) is 5.22. The number of ether oxygens (including phenoxy) is 2. The van der Waals surface area contributed by atoms with Crippen LogP contribution in [0.3, 0.4) is 0 Å². The summed E-state index contributed by atoms with van der Waals surface area (Å²) in [6.45, 7) is 1.97. The van der Waals surface area contributed by atoms with Crippen molar-refractivity contribution in [2.45, 2.75) is 18.6 Å². The largest absolute Gasteiger partial charge is 0.465 e. The number of rotatable bonds is 5. The number of likely N-dealkylation sites (tertiary alicyclic amines) is 1. The highest BCUT2D eigenvalue weighted by atomic mass is 19.1. The predicted molar refractivity (Wildman–Crippen MR) is 92.0 cm³/mol. The number of fused-ring (bicyclic) bond motifs is 1. The first kappa shape index (κ1) is 17.7. The van der Waals surface area contributed by atoms with Crippen molar-refractivity contribution >= 4 is 23.5 Å². The van der Waals surface area contributed by atoms with Crippen LogP contribution >= 0.6 is 0 Å². The molecule has 1 spiro atoms. The molecule has 1 aromatic rings. The van der Waals surface area contributed by atoms with Gasteiger partial charge in [-0.05, 0) is 31.2 Å². The Morgan fingerprint density at radius 2 is 2.11 bits per heavy atom. The predicted octanol–water partition coefficient (Wildman–Crippen LogP) is 1.11. The lowest BCUT2D eigenvalue weighted by Crippen LogP contribution is -2.41. The number of benzene rings is 1. The Kier molecular flexibility index (Phi) is 4.22. The van der Waals surface area contributed by atoms with Crippen LogP contribution in [-0.4, -0.2) is 54.1 Å². The second kappa shape index (κ2) is 6.45. The molecule has 0 aliphatic carbocycles. The van der Waals surface area contributed by atoms with Gasteiger partial charge in [0.1, 0.15) is 18.0 Å². The number of nitrogens with zero attached hydrogens (tertiary/aromatic N) is 1. The van der Waals surface area contributed by atoms with Crippen molar-refractivity contribution in [1.29, 1.82) is 0 Å². The summed E-state index contributed by atoms with van der Waals surface area (Å²) in [5.74, 6) is -2.96. The summed E-state index contributed by atoms with van der Waals surface area (Å²) in [6.07, 6.45) is 3.10. The van der Waals surface area contributed by atoms with Crippen molar-refractivity contribution in [3.63, 3.8) is 0 Å². The molecule has 4 rings (SSSR count). The fourth-order valence-corrected chi connectivity index (χ4v) is 4.13. The molecule has 2 saturated heterocycles. The van der Waals surface area contributed by atoms with Gasteiger partial charge < -0.3 is 19.7 Å². The van der Waals surface area contributed by atoms with E-state index in [1.165, 1.54) is 29.2 Å². The summed E-state index contributed by atoms with van der Waals surface area (Å²) in [6, 6.07) is 5.40. The number of nitrogens with one attached hydrogen (secondary N) is 1. The van der Waals surface area contributed by atoms with Gasteiger partial charge in [-0.25, -0.2) is 4.39 Å². The van der Waals surface area contributed by atoms with Gasteiger partial charge in [0.25, 0.3) is 0 Å². The van der Waals surface area contributed by atoms with Crippen LogP contribution in [0, 0.1) is 17.7 Å². The Labute approximate surface area is 155 Å². The van der Waals surface area contributed by atoms with Gasteiger partial charge in [0.2, 0.25) is 11.8 Å². The fourth-order valence-electron chi connectivity index (χ4n) is 4.13. The zero-order chi connectivity index (χ0) is 19.2. The van der Waals surface area contributed by atoms with Crippen molar-refractivity contribution in [3.8, 4) is 0 Å². The molecule has 1 aromatic carbocycles. The summed E-state index contributed by atoms with van der Waals surface area (Å²) >= 11 is 0. The van der Waals surface area contributed by atoms with Gasteiger partial charge in [0.05, 0.1) is 31.1 Å². The van der Waals surface area contributed by atoms with Gasteiger partial charge in [-0.3, -0.25) is 14.4 Å². The molecule has 2 bridgehead atoms. The molecule has 1 N–H and O–H groups in total. The first-order chi connectivity index (χ1) is 12.9. The summed E-state index contributed by atoms with van der Waals surface area (Å²) in [5.41, 5.74) is -0.449. The van der Waals surface area contributed by atoms with Crippen LogP contribution in [0.2, 0.25) is 0 Å². The summed E-state index contributed by atoms with van der Waals surface area (Å²) in [7, 11) is 0. The van der Waals surface area contributed by atoms with Crippen LogP contribution in [0.1, 0.15) is 6.92 Å². The maximum Gasteiger partial charge on any atom is 0.325 e. The number of carbonyl (C=O) groups excluding carboxylic acids is 3. The number of amides is 2. The summed E-state index contributed by atoms with van der Waals surface area (Å²) in [4.78, 5) is 38.9. The van der Waals surface area contributed by atoms with E-state index in [1.807, 2.05) is 6.08 Å². The Morgan fingerprint density at radius 3 is 2.81 bits per heavy atom. The van der Waals surface area contributed by atoms with Crippen LogP contribution in [0.4, 0.5) is 10.1 Å². The first-order valence-corrected chi connectivity index (χ1v) is 8.81. The van der Waals surface area contributed by atoms with E-state index in [9.17, 15) is 18.8 Å². The molecular weight excluding hydrogens is 355 g/mol. The molecule has 0 radical (unpaired) electrons. The monoisotopic (exact) mass is 374 g/mol. The molecule has 27 heavy (non-hydrogen) atoms. The normalized spacial score (nSPS) is 30.5. The van der Waals surface area contributed by atoms with Crippen LogP contribution < -0.4 is 5.32 Å².